The highest BCUT2D eigenvalue weighted by Crippen LogP contribution is 2.33. The third-order valence-electron chi connectivity index (χ3n) is 4.44. The van der Waals surface area contributed by atoms with Gasteiger partial charge >= 0.3 is 0 Å². The standard InChI is InChI=1S/C20H19N3/c1-14-3-6-19-17(11-14)18-13-23(2)12-16(20(18)22-19)5-4-15-7-9-21-10-8-15/h3,6-11,16,22H,12-13H2,1-2H3. The number of aryl methyl sites for hydroxylation is 1. The van der Waals surface area contributed by atoms with E-state index in [2.05, 4.69) is 58.9 Å². The lowest BCUT2D eigenvalue weighted by atomic mass is 9.95. The SMILES string of the molecule is Cc1ccc2[nH]c3c(c2c1)CN(C)CC3C#Cc1ccncc1. The molecule has 0 saturated heterocycles. The van der Waals surface area contributed by atoms with E-state index in [1.54, 1.807) is 12.4 Å². The molecule has 0 bridgehead atoms. The predicted molar refractivity (Wildman–Crippen MR) is 93.2 cm³/mol. The van der Waals surface area contributed by atoms with Crippen molar-refractivity contribution >= 4 is 10.9 Å². The van der Waals surface area contributed by atoms with Crippen molar-refractivity contribution in [2.75, 3.05) is 13.6 Å². The second kappa shape index (κ2) is 5.57. The molecule has 114 valence electrons. The number of fused-ring (bicyclic) bond motifs is 3. The van der Waals surface area contributed by atoms with E-state index in [-0.39, 0.29) is 5.92 Å². The van der Waals surface area contributed by atoms with E-state index in [1.807, 2.05) is 12.1 Å². The minimum absolute atomic E-state index is 0.213. The summed E-state index contributed by atoms with van der Waals surface area (Å²) in [6.45, 7) is 4.08. The van der Waals surface area contributed by atoms with Gasteiger partial charge in [0.05, 0.1) is 5.92 Å². The molecule has 3 nitrogen and oxygen atoms in total. The third kappa shape index (κ3) is 2.62. The molecule has 0 fully saturated rings. The van der Waals surface area contributed by atoms with Crippen molar-refractivity contribution in [1.82, 2.24) is 14.9 Å². The Morgan fingerprint density at radius 1 is 1.22 bits per heavy atom. The van der Waals surface area contributed by atoms with Crippen molar-refractivity contribution in [2.45, 2.75) is 19.4 Å². The molecule has 0 radical (unpaired) electrons. The van der Waals surface area contributed by atoms with Gasteiger partial charge in [-0.3, -0.25) is 4.98 Å². The van der Waals surface area contributed by atoms with Crippen LogP contribution in [-0.4, -0.2) is 28.5 Å². The summed E-state index contributed by atoms with van der Waals surface area (Å²) in [4.78, 5) is 10.0. The second-order valence-electron chi connectivity index (χ2n) is 6.32. The van der Waals surface area contributed by atoms with Crippen molar-refractivity contribution in [1.29, 1.82) is 0 Å². The van der Waals surface area contributed by atoms with Crippen molar-refractivity contribution in [3.05, 3.63) is 65.1 Å². The molecule has 0 amide bonds. The van der Waals surface area contributed by atoms with E-state index in [1.165, 1.54) is 27.7 Å². The maximum Gasteiger partial charge on any atom is 0.0736 e. The lowest BCUT2D eigenvalue weighted by molar-refractivity contribution is 0.300. The van der Waals surface area contributed by atoms with Crippen LogP contribution in [-0.2, 0) is 6.54 Å². The maximum atomic E-state index is 4.04. The fraction of sp³-hybridized carbons (Fsp3) is 0.250. The van der Waals surface area contributed by atoms with Gasteiger partial charge in [0.25, 0.3) is 0 Å². The number of aromatic nitrogens is 2. The summed E-state index contributed by atoms with van der Waals surface area (Å²) in [7, 11) is 2.17. The van der Waals surface area contributed by atoms with E-state index in [9.17, 15) is 0 Å². The monoisotopic (exact) mass is 301 g/mol. The molecule has 2 aromatic heterocycles. The number of aromatic amines is 1. The number of rotatable bonds is 0. The van der Waals surface area contributed by atoms with Crippen LogP contribution in [0.4, 0.5) is 0 Å². The van der Waals surface area contributed by atoms with Crippen LogP contribution in [0.2, 0.25) is 0 Å². The normalized spacial score (nSPS) is 17.6. The van der Waals surface area contributed by atoms with Crippen molar-refractivity contribution in [2.24, 2.45) is 0 Å². The van der Waals surface area contributed by atoms with Crippen molar-refractivity contribution in [3.63, 3.8) is 0 Å². The second-order valence-corrected chi connectivity index (χ2v) is 6.32. The summed E-state index contributed by atoms with van der Waals surface area (Å²) < 4.78 is 0. The van der Waals surface area contributed by atoms with Gasteiger partial charge in [-0.05, 0) is 43.8 Å². The zero-order valence-corrected chi connectivity index (χ0v) is 13.4. The summed E-state index contributed by atoms with van der Waals surface area (Å²) in [5, 5.41) is 1.34. The molecule has 1 N–H and O–H groups in total. The quantitative estimate of drug-likeness (QED) is 0.645. The van der Waals surface area contributed by atoms with Gasteiger partial charge in [-0.2, -0.15) is 0 Å². The number of likely N-dealkylation sites (N-methyl/N-ethyl adjacent to an activating group) is 1. The van der Waals surface area contributed by atoms with Crippen molar-refractivity contribution < 1.29 is 0 Å². The minimum atomic E-state index is 0.213. The van der Waals surface area contributed by atoms with Gasteiger partial charge in [0, 0.05) is 47.6 Å². The van der Waals surface area contributed by atoms with E-state index >= 15 is 0 Å². The Labute approximate surface area is 136 Å². The predicted octanol–water partition coefficient (Wildman–Crippen LogP) is 3.45. The van der Waals surface area contributed by atoms with Crippen LogP contribution in [0.3, 0.4) is 0 Å². The van der Waals surface area contributed by atoms with Crippen LogP contribution in [0.1, 0.15) is 28.3 Å². The van der Waals surface area contributed by atoms with Crippen LogP contribution in [0.15, 0.2) is 42.7 Å². The summed E-state index contributed by atoms with van der Waals surface area (Å²) in [5.74, 6) is 6.96. The number of nitrogens with zero attached hydrogens (tertiary/aromatic N) is 2. The molecule has 1 aliphatic rings. The molecule has 3 heterocycles. The molecule has 3 aromatic rings. The van der Waals surface area contributed by atoms with Crippen LogP contribution in [0.25, 0.3) is 10.9 Å². The number of H-pyrrole nitrogens is 1. The van der Waals surface area contributed by atoms with Gasteiger partial charge < -0.3 is 9.88 Å². The molecular formula is C20H19N3. The summed E-state index contributed by atoms with van der Waals surface area (Å²) >= 11 is 0. The minimum Gasteiger partial charge on any atom is -0.357 e. The largest absolute Gasteiger partial charge is 0.357 e. The first-order valence-corrected chi connectivity index (χ1v) is 7.92. The molecule has 1 atom stereocenters. The van der Waals surface area contributed by atoms with Crippen molar-refractivity contribution in [3.8, 4) is 11.8 Å². The summed E-state index contributed by atoms with van der Waals surface area (Å²) in [5.41, 5.74) is 6.21. The Bertz CT molecular complexity index is 912. The molecule has 0 aliphatic carbocycles. The highest BCUT2D eigenvalue weighted by atomic mass is 15.1. The number of nitrogens with one attached hydrogen (secondary N) is 1. The highest BCUT2D eigenvalue weighted by Gasteiger charge is 2.25. The first kappa shape index (κ1) is 14.0. The van der Waals surface area contributed by atoms with Crippen LogP contribution >= 0.6 is 0 Å². The van der Waals surface area contributed by atoms with E-state index in [0.29, 0.717) is 0 Å². The average molecular weight is 301 g/mol. The molecular weight excluding hydrogens is 282 g/mol. The van der Waals surface area contributed by atoms with Gasteiger partial charge in [0.1, 0.15) is 0 Å². The van der Waals surface area contributed by atoms with E-state index in [0.717, 1.165) is 18.7 Å². The molecule has 0 spiro atoms. The fourth-order valence-corrected chi connectivity index (χ4v) is 3.31. The van der Waals surface area contributed by atoms with E-state index < -0.39 is 0 Å². The molecule has 1 aromatic carbocycles. The van der Waals surface area contributed by atoms with Crippen LogP contribution in [0.5, 0.6) is 0 Å². The molecule has 1 aliphatic heterocycles. The van der Waals surface area contributed by atoms with Gasteiger partial charge in [-0.15, -0.1) is 0 Å². The third-order valence-corrected chi connectivity index (χ3v) is 4.44. The molecule has 23 heavy (non-hydrogen) atoms. The summed E-state index contributed by atoms with van der Waals surface area (Å²) in [6.07, 6.45) is 3.57. The van der Waals surface area contributed by atoms with E-state index in [4.69, 9.17) is 0 Å². The molecule has 1 unspecified atom stereocenters. The lowest BCUT2D eigenvalue weighted by Gasteiger charge is -2.27. The topological polar surface area (TPSA) is 31.9 Å². The molecule has 0 saturated carbocycles. The number of benzene rings is 1. The van der Waals surface area contributed by atoms with Gasteiger partial charge in [-0.1, -0.05) is 23.5 Å². The van der Waals surface area contributed by atoms with Gasteiger partial charge in [0.15, 0.2) is 0 Å². The fourth-order valence-electron chi connectivity index (χ4n) is 3.31. The maximum absolute atomic E-state index is 4.04. The zero-order valence-electron chi connectivity index (χ0n) is 13.4. The van der Waals surface area contributed by atoms with Gasteiger partial charge in [0.2, 0.25) is 0 Å². The first-order valence-electron chi connectivity index (χ1n) is 7.92. The smallest absolute Gasteiger partial charge is 0.0736 e. The van der Waals surface area contributed by atoms with Gasteiger partial charge in [-0.25, -0.2) is 0 Å². The molecule has 3 heteroatoms. The number of hydrogen-bond acceptors (Lipinski definition) is 2. The lowest BCUT2D eigenvalue weighted by Crippen LogP contribution is -2.29. The first-order chi connectivity index (χ1) is 11.2. The summed E-state index contributed by atoms with van der Waals surface area (Å²) in [6, 6.07) is 10.5. The Kier molecular flexibility index (Phi) is 3.40. The Morgan fingerprint density at radius 3 is 2.87 bits per heavy atom. The van der Waals surface area contributed by atoms with Crippen LogP contribution in [0, 0.1) is 18.8 Å². The Hall–Kier alpha value is -2.57. The highest BCUT2D eigenvalue weighted by molar-refractivity contribution is 5.86. The molecule has 4 rings (SSSR count). The van der Waals surface area contributed by atoms with Crippen LogP contribution < -0.4 is 0 Å². The number of hydrogen-bond donors (Lipinski definition) is 1. The average Bonchev–Trinajstić information content (AvgIpc) is 2.91. The Morgan fingerprint density at radius 2 is 2.04 bits per heavy atom. The zero-order chi connectivity index (χ0) is 15.8. The number of pyridine rings is 1. The Balaban J connectivity index is 1.79.